The van der Waals surface area contributed by atoms with Gasteiger partial charge >= 0.3 is 0 Å². The molecule has 0 aliphatic heterocycles. The van der Waals surface area contributed by atoms with E-state index in [0.717, 1.165) is 11.0 Å². The number of hydrogen-bond donors (Lipinski definition) is 1. The number of fused-ring (bicyclic) bond motifs is 1. The molecule has 0 spiro atoms. The first-order chi connectivity index (χ1) is 6.81. The number of aromatic nitrogens is 2. The Morgan fingerprint density at radius 1 is 1.29 bits per heavy atom. The van der Waals surface area contributed by atoms with Crippen LogP contribution in [0.15, 0.2) is 35.6 Å². The molecule has 2 aromatic rings. The Morgan fingerprint density at radius 3 is 2.71 bits per heavy atom. The van der Waals surface area contributed by atoms with Crippen molar-refractivity contribution in [3.05, 3.63) is 36.2 Å². The molecular weight excluding hydrogens is 178 g/mol. The Balaban J connectivity index is 2.62. The maximum absolute atomic E-state index is 8.58. The molecule has 70 valence electrons. The lowest BCUT2D eigenvalue weighted by atomic mass is 10.2. The Hall–Kier alpha value is -1.97. The van der Waals surface area contributed by atoms with Crippen molar-refractivity contribution in [2.24, 2.45) is 5.16 Å². The highest BCUT2D eigenvalue weighted by molar-refractivity contribution is 5.97. The number of benzene rings is 1. The fourth-order valence-corrected chi connectivity index (χ4v) is 1.18. The van der Waals surface area contributed by atoms with Crippen LogP contribution >= 0.6 is 0 Å². The van der Waals surface area contributed by atoms with Crippen molar-refractivity contribution in [2.45, 2.75) is 6.92 Å². The minimum absolute atomic E-state index is 0.461. The van der Waals surface area contributed by atoms with Crippen LogP contribution in [-0.2, 0) is 0 Å². The third-order valence-corrected chi connectivity index (χ3v) is 1.97. The number of hydrogen-bond acceptors (Lipinski definition) is 4. The van der Waals surface area contributed by atoms with Gasteiger partial charge in [0, 0.05) is 0 Å². The summed E-state index contributed by atoms with van der Waals surface area (Å²) < 4.78 is 0. The van der Waals surface area contributed by atoms with Gasteiger partial charge in [-0.1, -0.05) is 17.3 Å². The Bertz CT molecular complexity index is 493. The predicted octanol–water partition coefficient (Wildman–Crippen LogP) is 1.83. The van der Waals surface area contributed by atoms with Crippen molar-refractivity contribution in [2.75, 3.05) is 0 Å². The number of nitrogens with zero attached hydrogens (tertiary/aromatic N) is 3. The van der Waals surface area contributed by atoms with Crippen LogP contribution in [0, 0.1) is 0 Å². The molecule has 0 saturated heterocycles. The van der Waals surface area contributed by atoms with Gasteiger partial charge in [-0.25, -0.2) is 4.98 Å². The summed E-state index contributed by atoms with van der Waals surface area (Å²) in [5.41, 5.74) is 2.68. The van der Waals surface area contributed by atoms with Gasteiger partial charge in [0.1, 0.15) is 11.4 Å². The molecule has 0 aliphatic carbocycles. The topological polar surface area (TPSA) is 58.4 Å². The summed E-state index contributed by atoms with van der Waals surface area (Å²) in [6.45, 7) is 1.68. The lowest BCUT2D eigenvalue weighted by Gasteiger charge is -1.99. The van der Waals surface area contributed by atoms with Crippen molar-refractivity contribution >= 4 is 16.7 Å². The molecule has 1 aromatic heterocycles. The highest BCUT2D eigenvalue weighted by Gasteiger charge is 2.01. The van der Waals surface area contributed by atoms with Gasteiger partial charge in [-0.15, -0.1) is 0 Å². The molecular formula is C10H9N3O. The van der Waals surface area contributed by atoms with Crippen molar-refractivity contribution in [1.82, 2.24) is 9.97 Å². The third kappa shape index (κ3) is 1.42. The molecule has 0 aliphatic rings. The fraction of sp³-hybridized carbons (Fsp3) is 0.100. The van der Waals surface area contributed by atoms with Crippen LogP contribution in [0.5, 0.6) is 0 Å². The zero-order chi connectivity index (χ0) is 9.97. The van der Waals surface area contributed by atoms with Crippen LogP contribution in [0.2, 0.25) is 0 Å². The average Bonchev–Trinajstić information content (AvgIpc) is 2.27. The summed E-state index contributed by atoms with van der Waals surface area (Å²) >= 11 is 0. The van der Waals surface area contributed by atoms with Crippen LogP contribution in [0.4, 0.5) is 0 Å². The molecule has 1 N–H and O–H groups in total. The van der Waals surface area contributed by atoms with Gasteiger partial charge < -0.3 is 5.21 Å². The number of oxime groups is 1. The maximum atomic E-state index is 8.58. The standard InChI is InChI=1S/C10H9N3O/c1-7(13-14)10-6-11-8-4-2-3-5-9(8)12-10/h2-6,14H,1H3/b13-7+. The summed E-state index contributed by atoms with van der Waals surface area (Å²) in [5.74, 6) is 0. The van der Waals surface area contributed by atoms with Crippen molar-refractivity contribution in [1.29, 1.82) is 0 Å². The zero-order valence-corrected chi connectivity index (χ0v) is 7.68. The molecule has 0 fully saturated rings. The van der Waals surface area contributed by atoms with Gasteiger partial charge in [0.05, 0.1) is 17.2 Å². The van der Waals surface area contributed by atoms with Gasteiger partial charge in [-0.2, -0.15) is 0 Å². The minimum Gasteiger partial charge on any atom is -0.411 e. The maximum Gasteiger partial charge on any atom is 0.107 e. The normalized spacial score (nSPS) is 11.9. The molecule has 0 amide bonds. The second-order valence-electron chi connectivity index (χ2n) is 2.93. The summed E-state index contributed by atoms with van der Waals surface area (Å²) in [5, 5.41) is 11.7. The van der Waals surface area contributed by atoms with E-state index < -0.39 is 0 Å². The van der Waals surface area contributed by atoms with Crippen molar-refractivity contribution < 1.29 is 5.21 Å². The first-order valence-corrected chi connectivity index (χ1v) is 4.22. The summed E-state index contributed by atoms with van der Waals surface area (Å²) in [6, 6.07) is 7.56. The van der Waals surface area contributed by atoms with Crippen molar-refractivity contribution in [3.63, 3.8) is 0 Å². The van der Waals surface area contributed by atoms with Crippen LogP contribution in [0.1, 0.15) is 12.6 Å². The first kappa shape index (κ1) is 8.62. The largest absolute Gasteiger partial charge is 0.411 e. The quantitative estimate of drug-likeness (QED) is 0.421. The highest BCUT2D eigenvalue weighted by Crippen LogP contribution is 2.08. The van der Waals surface area contributed by atoms with E-state index in [9.17, 15) is 0 Å². The van der Waals surface area contributed by atoms with Gasteiger partial charge in [0.25, 0.3) is 0 Å². The molecule has 14 heavy (non-hydrogen) atoms. The molecule has 0 bridgehead atoms. The third-order valence-electron chi connectivity index (χ3n) is 1.97. The van der Waals surface area contributed by atoms with Crippen LogP contribution in [0.25, 0.3) is 11.0 Å². The number of rotatable bonds is 1. The smallest absolute Gasteiger partial charge is 0.107 e. The van der Waals surface area contributed by atoms with E-state index in [0.29, 0.717) is 11.4 Å². The van der Waals surface area contributed by atoms with Gasteiger partial charge in [-0.3, -0.25) is 4.98 Å². The zero-order valence-electron chi connectivity index (χ0n) is 7.68. The molecule has 2 rings (SSSR count). The second kappa shape index (κ2) is 3.41. The molecule has 4 heteroatoms. The van der Waals surface area contributed by atoms with Crippen molar-refractivity contribution in [3.8, 4) is 0 Å². The average molecular weight is 187 g/mol. The van der Waals surface area contributed by atoms with E-state index in [1.807, 2.05) is 24.3 Å². The summed E-state index contributed by atoms with van der Waals surface area (Å²) in [6.07, 6.45) is 1.59. The van der Waals surface area contributed by atoms with Gasteiger partial charge in [0.15, 0.2) is 0 Å². The molecule has 4 nitrogen and oxygen atoms in total. The molecule has 0 atom stereocenters. The number of para-hydroxylation sites is 2. The monoisotopic (exact) mass is 187 g/mol. The second-order valence-corrected chi connectivity index (χ2v) is 2.93. The van der Waals surface area contributed by atoms with E-state index in [4.69, 9.17) is 5.21 Å². The lowest BCUT2D eigenvalue weighted by molar-refractivity contribution is 0.319. The van der Waals surface area contributed by atoms with E-state index >= 15 is 0 Å². The molecule has 0 unspecified atom stereocenters. The van der Waals surface area contributed by atoms with Gasteiger partial charge in [0.2, 0.25) is 0 Å². The van der Waals surface area contributed by atoms with E-state index in [-0.39, 0.29) is 0 Å². The fourth-order valence-electron chi connectivity index (χ4n) is 1.18. The lowest BCUT2D eigenvalue weighted by Crippen LogP contribution is -1.99. The molecule has 0 radical (unpaired) electrons. The van der Waals surface area contributed by atoms with Gasteiger partial charge in [-0.05, 0) is 19.1 Å². The first-order valence-electron chi connectivity index (χ1n) is 4.22. The minimum atomic E-state index is 0.461. The van der Waals surface area contributed by atoms with E-state index in [1.54, 1.807) is 13.1 Å². The Morgan fingerprint density at radius 2 is 2.00 bits per heavy atom. The van der Waals surface area contributed by atoms with Crippen LogP contribution < -0.4 is 0 Å². The summed E-state index contributed by atoms with van der Waals surface area (Å²) in [7, 11) is 0. The summed E-state index contributed by atoms with van der Waals surface area (Å²) in [4.78, 5) is 8.49. The Kier molecular flexibility index (Phi) is 2.10. The molecule has 1 heterocycles. The van der Waals surface area contributed by atoms with E-state index in [2.05, 4.69) is 15.1 Å². The SMILES string of the molecule is C/C(=N\O)c1cnc2ccccc2n1. The highest BCUT2D eigenvalue weighted by atomic mass is 16.4. The molecule has 0 saturated carbocycles. The predicted molar refractivity (Wildman–Crippen MR) is 53.5 cm³/mol. The Labute approximate surface area is 80.9 Å². The van der Waals surface area contributed by atoms with Crippen LogP contribution in [0.3, 0.4) is 0 Å². The molecule has 1 aromatic carbocycles. The van der Waals surface area contributed by atoms with E-state index in [1.165, 1.54) is 0 Å². The van der Waals surface area contributed by atoms with Crippen LogP contribution in [-0.4, -0.2) is 20.9 Å².